The Balaban J connectivity index is 1.18. The van der Waals surface area contributed by atoms with E-state index in [1.54, 1.807) is 6.26 Å². The standard InChI is InChI=1S/C27H30N2O7S/c1-37(32,33)29-23-16-21(9-12-24(23)30)25(31)17-28-13-14-34-22-10-7-20(8-11-22)26-18-35-27(36-26)15-19-5-3-2-4-6-19/h2-12,16,18,25,27-31H,13-15,17H2,1H3/t25-,27?/m0/s1. The number of phenolic OH excluding ortho intramolecular Hbond substituents is 1. The molecule has 10 heteroatoms. The molecule has 3 aromatic rings. The Morgan fingerprint density at radius 1 is 1.05 bits per heavy atom. The Kier molecular flexibility index (Phi) is 8.54. The van der Waals surface area contributed by atoms with Crippen molar-refractivity contribution in [2.45, 2.75) is 18.8 Å². The van der Waals surface area contributed by atoms with Crippen LogP contribution in [-0.4, -0.2) is 50.9 Å². The summed E-state index contributed by atoms with van der Waals surface area (Å²) in [6.07, 6.45) is 2.04. The third-order valence-corrected chi connectivity index (χ3v) is 6.15. The number of aliphatic hydroxyl groups is 1. The molecule has 3 aromatic carbocycles. The van der Waals surface area contributed by atoms with E-state index >= 15 is 0 Å². The average molecular weight is 527 g/mol. The van der Waals surface area contributed by atoms with Crippen LogP contribution in [0.2, 0.25) is 0 Å². The maximum absolute atomic E-state index is 11.4. The number of benzene rings is 3. The van der Waals surface area contributed by atoms with Crippen molar-refractivity contribution in [2.75, 3.05) is 30.7 Å². The lowest BCUT2D eigenvalue weighted by Crippen LogP contribution is -2.26. The zero-order chi connectivity index (χ0) is 26.3. The van der Waals surface area contributed by atoms with Crippen molar-refractivity contribution in [3.8, 4) is 11.5 Å². The van der Waals surface area contributed by atoms with E-state index in [1.165, 1.54) is 18.2 Å². The molecule has 0 aliphatic carbocycles. The van der Waals surface area contributed by atoms with Crippen molar-refractivity contribution in [3.05, 3.63) is 95.7 Å². The van der Waals surface area contributed by atoms with Crippen LogP contribution in [0.3, 0.4) is 0 Å². The summed E-state index contributed by atoms with van der Waals surface area (Å²) < 4.78 is 42.4. The van der Waals surface area contributed by atoms with Gasteiger partial charge < -0.3 is 29.7 Å². The first-order valence-corrected chi connectivity index (χ1v) is 13.6. The van der Waals surface area contributed by atoms with Gasteiger partial charge in [0.25, 0.3) is 0 Å². The van der Waals surface area contributed by atoms with E-state index in [-0.39, 0.29) is 24.3 Å². The van der Waals surface area contributed by atoms with Gasteiger partial charge in [0.1, 0.15) is 24.4 Å². The fourth-order valence-corrected chi connectivity index (χ4v) is 4.29. The normalized spacial score (nSPS) is 15.8. The highest BCUT2D eigenvalue weighted by atomic mass is 32.2. The Labute approximate surface area is 216 Å². The Morgan fingerprint density at radius 3 is 2.54 bits per heavy atom. The van der Waals surface area contributed by atoms with Crippen LogP contribution < -0.4 is 14.8 Å². The molecule has 0 saturated carbocycles. The van der Waals surface area contributed by atoms with Crippen LogP contribution in [0.4, 0.5) is 5.69 Å². The largest absolute Gasteiger partial charge is 0.506 e. The zero-order valence-corrected chi connectivity index (χ0v) is 21.1. The molecule has 0 radical (unpaired) electrons. The molecule has 0 aromatic heterocycles. The summed E-state index contributed by atoms with van der Waals surface area (Å²) in [5.41, 5.74) is 2.51. The molecule has 4 N–H and O–H groups in total. The fraction of sp³-hybridized carbons (Fsp3) is 0.259. The second-order valence-corrected chi connectivity index (χ2v) is 10.3. The number of rotatable bonds is 12. The van der Waals surface area contributed by atoms with Gasteiger partial charge in [-0.2, -0.15) is 0 Å². The molecule has 0 saturated heterocycles. The van der Waals surface area contributed by atoms with E-state index in [4.69, 9.17) is 14.2 Å². The molecular weight excluding hydrogens is 496 g/mol. The Hall–Kier alpha value is -3.73. The Bertz CT molecular complexity index is 1310. The third-order valence-electron chi connectivity index (χ3n) is 5.56. The zero-order valence-electron chi connectivity index (χ0n) is 20.3. The molecule has 9 nitrogen and oxygen atoms in total. The minimum atomic E-state index is -3.55. The third kappa shape index (κ3) is 7.88. The molecule has 196 valence electrons. The molecule has 4 rings (SSSR count). The molecule has 0 amide bonds. The van der Waals surface area contributed by atoms with Gasteiger partial charge in [0.15, 0.2) is 5.76 Å². The van der Waals surface area contributed by atoms with Gasteiger partial charge in [-0.1, -0.05) is 36.4 Å². The van der Waals surface area contributed by atoms with E-state index in [0.29, 0.717) is 36.6 Å². The topological polar surface area (TPSA) is 126 Å². The van der Waals surface area contributed by atoms with E-state index in [9.17, 15) is 18.6 Å². The Morgan fingerprint density at radius 2 is 1.81 bits per heavy atom. The molecule has 0 spiro atoms. The van der Waals surface area contributed by atoms with E-state index in [0.717, 1.165) is 17.4 Å². The van der Waals surface area contributed by atoms with Gasteiger partial charge in [-0.05, 0) is 47.5 Å². The van der Waals surface area contributed by atoms with Gasteiger partial charge >= 0.3 is 0 Å². The smallest absolute Gasteiger partial charge is 0.244 e. The van der Waals surface area contributed by atoms with E-state index in [2.05, 4.69) is 10.0 Å². The highest BCUT2D eigenvalue weighted by Gasteiger charge is 2.21. The summed E-state index contributed by atoms with van der Waals surface area (Å²) in [6.45, 7) is 1.08. The number of hydrogen-bond donors (Lipinski definition) is 4. The lowest BCUT2D eigenvalue weighted by atomic mass is 10.1. The molecule has 1 aliphatic rings. The molecule has 0 bridgehead atoms. The summed E-state index contributed by atoms with van der Waals surface area (Å²) in [5.74, 6) is 1.15. The number of ether oxygens (including phenoxy) is 3. The number of hydrogen-bond acceptors (Lipinski definition) is 8. The van der Waals surface area contributed by atoms with Crippen molar-refractivity contribution in [1.82, 2.24) is 5.32 Å². The monoisotopic (exact) mass is 526 g/mol. The number of sulfonamides is 1. The second-order valence-electron chi connectivity index (χ2n) is 8.60. The number of anilines is 1. The predicted octanol–water partition coefficient (Wildman–Crippen LogP) is 3.38. The minimum Gasteiger partial charge on any atom is -0.506 e. The first-order chi connectivity index (χ1) is 17.8. The van der Waals surface area contributed by atoms with Crippen molar-refractivity contribution < 1.29 is 32.8 Å². The van der Waals surface area contributed by atoms with Crippen LogP contribution in [0.5, 0.6) is 11.5 Å². The van der Waals surface area contributed by atoms with Crippen molar-refractivity contribution in [2.24, 2.45) is 0 Å². The van der Waals surface area contributed by atoms with Crippen LogP contribution in [0.1, 0.15) is 22.8 Å². The van der Waals surface area contributed by atoms with Gasteiger partial charge in [-0.15, -0.1) is 0 Å². The predicted molar refractivity (Wildman–Crippen MR) is 140 cm³/mol. The first-order valence-electron chi connectivity index (χ1n) is 11.8. The lowest BCUT2D eigenvalue weighted by Gasteiger charge is -2.15. The SMILES string of the molecule is CS(=O)(=O)Nc1cc([C@@H](O)CNCCOc2ccc(C3=COC(Cc4ccccc4)O3)cc2)ccc1O. The lowest BCUT2D eigenvalue weighted by molar-refractivity contribution is -0.0136. The number of aliphatic hydroxyl groups excluding tert-OH is 1. The summed E-state index contributed by atoms with van der Waals surface area (Å²) in [7, 11) is -3.55. The summed E-state index contributed by atoms with van der Waals surface area (Å²) in [4.78, 5) is 0. The summed E-state index contributed by atoms with van der Waals surface area (Å²) in [6, 6.07) is 21.8. The quantitative estimate of drug-likeness (QED) is 0.209. The fourth-order valence-electron chi connectivity index (χ4n) is 3.72. The molecule has 1 unspecified atom stereocenters. The van der Waals surface area contributed by atoms with Crippen molar-refractivity contribution >= 4 is 21.5 Å². The van der Waals surface area contributed by atoms with Gasteiger partial charge in [-0.25, -0.2) is 8.42 Å². The van der Waals surface area contributed by atoms with Crippen LogP contribution in [0.25, 0.3) is 5.76 Å². The number of nitrogens with one attached hydrogen (secondary N) is 2. The highest BCUT2D eigenvalue weighted by molar-refractivity contribution is 7.92. The molecule has 2 atom stereocenters. The van der Waals surface area contributed by atoms with Gasteiger partial charge in [0.05, 0.1) is 18.0 Å². The van der Waals surface area contributed by atoms with Crippen LogP contribution in [-0.2, 0) is 25.9 Å². The summed E-state index contributed by atoms with van der Waals surface area (Å²) >= 11 is 0. The molecule has 1 aliphatic heterocycles. The molecule has 37 heavy (non-hydrogen) atoms. The van der Waals surface area contributed by atoms with Gasteiger partial charge in [-0.3, -0.25) is 4.72 Å². The van der Waals surface area contributed by atoms with E-state index in [1.807, 2.05) is 54.6 Å². The summed E-state index contributed by atoms with van der Waals surface area (Å²) in [5, 5.41) is 23.3. The maximum Gasteiger partial charge on any atom is 0.244 e. The van der Waals surface area contributed by atoms with E-state index < -0.39 is 16.1 Å². The number of aromatic hydroxyl groups is 1. The number of phenols is 1. The van der Waals surface area contributed by atoms with Crippen LogP contribution in [0, 0.1) is 0 Å². The molecule has 0 fully saturated rings. The molecule has 1 heterocycles. The average Bonchev–Trinajstić information content (AvgIpc) is 3.33. The highest BCUT2D eigenvalue weighted by Crippen LogP contribution is 2.29. The van der Waals surface area contributed by atoms with Gasteiger partial charge in [0, 0.05) is 25.1 Å². The van der Waals surface area contributed by atoms with Crippen molar-refractivity contribution in [3.63, 3.8) is 0 Å². The van der Waals surface area contributed by atoms with Crippen molar-refractivity contribution in [1.29, 1.82) is 0 Å². The minimum absolute atomic E-state index is 0.0166. The van der Waals surface area contributed by atoms with Gasteiger partial charge in [0.2, 0.25) is 16.3 Å². The maximum atomic E-state index is 11.4. The first kappa shape index (κ1) is 26.3. The molecular formula is C27H30N2O7S. The van der Waals surface area contributed by atoms with Crippen LogP contribution >= 0.6 is 0 Å². The van der Waals surface area contributed by atoms with Crippen LogP contribution in [0.15, 0.2) is 79.1 Å². The second kappa shape index (κ2) is 12.0.